The molecule has 0 N–H and O–H groups in total. The lowest BCUT2D eigenvalue weighted by Gasteiger charge is -2.41. The third kappa shape index (κ3) is 5.80. The molecule has 2 aliphatic rings. The summed E-state index contributed by atoms with van der Waals surface area (Å²) in [4.78, 5) is 22.2. The molecule has 0 saturated carbocycles. The lowest BCUT2D eigenvalue weighted by Crippen LogP contribution is -2.51. The first-order valence-corrected chi connectivity index (χ1v) is 11.9. The third-order valence-electron chi connectivity index (χ3n) is 6.44. The Bertz CT molecular complexity index is 892. The van der Waals surface area contributed by atoms with E-state index in [0.29, 0.717) is 17.2 Å². The van der Waals surface area contributed by atoms with Crippen LogP contribution in [-0.4, -0.2) is 66.2 Å². The van der Waals surface area contributed by atoms with Gasteiger partial charge in [0.05, 0.1) is 22.9 Å². The van der Waals surface area contributed by atoms with E-state index in [1.807, 2.05) is 41.3 Å². The summed E-state index contributed by atoms with van der Waals surface area (Å²) in [7, 11) is 1.76. The molecule has 1 aromatic heterocycles. The number of benzene rings is 1. The van der Waals surface area contributed by atoms with Crippen molar-refractivity contribution in [1.82, 2.24) is 14.8 Å². The van der Waals surface area contributed by atoms with Crippen molar-refractivity contribution in [3.05, 3.63) is 58.9 Å². The Morgan fingerprint density at radius 1 is 1.12 bits per heavy atom. The Morgan fingerprint density at radius 2 is 2.03 bits per heavy atom. The summed E-state index contributed by atoms with van der Waals surface area (Å²) >= 11 is 5.99. The van der Waals surface area contributed by atoms with Gasteiger partial charge in [-0.05, 0) is 62.6 Å². The topological polar surface area (TPSA) is 54.9 Å². The number of hydrogen-bond donors (Lipinski definition) is 0. The first-order chi connectivity index (χ1) is 15.6. The molecule has 0 unspecified atom stereocenters. The molecule has 7 heteroatoms. The van der Waals surface area contributed by atoms with Crippen LogP contribution in [0.1, 0.15) is 48.2 Å². The highest BCUT2D eigenvalue weighted by Crippen LogP contribution is 2.27. The van der Waals surface area contributed by atoms with Crippen LogP contribution in [0.25, 0.3) is 0 Å². The zero-order chi connectivity index (χ0) is 22.3. The Labute approximate surface area is 195 Å². The summed E-state index contributed by atoms with van der Waals surface area (Å²) in [6.45, 7) is 3.84. The lowest BCUT2D eigenvalue weighted by atomic mass is 9.93. The van der Waals surface area contributed by atoms with Crippen LogP contribution in [0.15, 0.2) is 42.6 Å². The molecule has 6 nitrogen and oxygen atoms in total. The van der Waals surface area contributed by atoms with Crippen molar-refractivity contribution in [1.29, 1.82) is 0 Å². The van der Waals surface area contributed by atoms with Gasteiger partial charge in [0.1, 0.15) is 12.4 Å². The number of ether oxygens (including phenoxy) is 2. The normalized spacial score (nSPS) is 23.2. The highest BCUT2D eigenvalue weighted by Gasteiger charge is 2.34. The van der Waals surface area contributed by atoms with E-state index in [1.54, 1.807) is 13.3 Å². The van der Waals surface area contributed by atoms with Crippen molar-refractivity contribution in [2.75, 3.05) is 33.4 Å². The maximum Gasteiger partial charge on any atom is 0.254 e. The second kappa shape index (κ2) is 11.1. The highest BCUT2D eigenvalue weighted by molar-refractivity contribution is 6.30. The number of nitrogens with zero attached hydrogens (tertiary/aromatic N) is 3. The van der Waals surface area contributed by atoms with Crippen molar-refractivity contribution >= 4 is 17.5 Å². The van der Waals surface area contributed by atoms with Crippen LogP contribution in [0.3, 0.4) is 0 Å². The van der Waals surface area contributed by atoms with Crippen molar-refractivity contribution in [3.63, 3.8) is 0 Å². The Balaban J connectivity index is 1.53. The number of halogens is 1. The number of piperidine rings is 1. The number of pyridine rings is 1. The summed E-state index contributed by atoms with van der Waals surface area (Å²) in [5, 5.41) is 0.650. The minimum absolute atomic E-state index is 0.0784. The Hall–Kier alpha value is -2.15. The highest BCUT2D eigenvalue weighted by atomic mass is 35.5. The van der Waals surface area contributed by atoms with E-state index in [1.165, 1.54) is 0 Å². The predicted molar refractivity (Wildman–Crippen MR) is 125 cm³/mol. The fraction of sp³-hybridized carbons (Fsp3) is 0.520. The third-order valence-corrected chi connectivity index (χ3v) is 6.66. The minimum Gasteiger partial charge on any atom is -0.492 e. The van der Waals surface area contributed by atoms with E-state index in [9.17, 15) is 4.79 Å². The standard InChI is InChI=1S/C25H32ClN3O3/c1-31-24-9-5-13-29-23(24)8-2-3-12-28(18-21-11-10-20(26)17-27-21)14-15-32-22-7-4-6-19(16-22)25(29)30/h4,6-7,10-11,16-17,23-24H,2-3,5,8-9,12-15,18H2,1H3/t23-,24-/m0/s1. The van der Waals surface area contributed by atoms with Crippen LogP contribution in [-0.2, 0) is 11.3 Å². The first kappa shape index (κ1) is 23.0. The minimum atomic E-state index is 0.0784. The molecule has 0 aliphatic carbocycles. The van der Waals surface area contributed by atoms with Crippen LogP contribution in [0, 0.1) is 0 Å². The summed E-state index contributed by atoms with van der Waals surface area (Å²) in [6.07, 6.45) is 6.81. The molecule has 2 aromatic rings. The molecule has 4 rings (SSSR count). The number of aromatic nitrogens is 1. The molecule has 0 spiro atoms. The average molecular weight is 458 g/mol. The monoisotopic (exact) mass is 457 g/mol. The molecule has 1 amide bonds. The maximum absolute atomic E-state index is 13.3. The number of amides is 1. The molecular weight excluding hydrogens is 426 g/mol. The van der Waals surface area contributed by atoms with Crippen LogP contribution in [0.4, 0.5) is 0 Å². The molecule has 3 heterocycles. The van der Waals surface area contributed by atoms with E-state index in [2.05, 4.69) is 9.88 Å². The number of hydrogen-bond acceptors (Lipinski definition) is 5. The zero-order valence-electron chi connectivity index (χ0n) is 18.7. The lowest BCUT2D eigenvalue weighted by molar-refractivity contribution is -0.0156. The van der Waals surface area contributed by atoms with Gasteiger partial charge in [0.2, 0.25) is 0 Å². The van der Waals surface area contributed by atoms with Gasteiger partial charge >= 0.3 is 0 Å². The van der Waals surface area contributed by atoms with Crippen LogP contribution in [0.2, 0.25) is 5.02 Å². The van der Waals surface area contributed by atoms with Gasteiger partial charge in [-0.15, -0.1) is 0 Å². The molecule has 1 aromatic carbocycles. The van der Waals surface area contributed by atoms with Crippen LogP contribution >= 0.6 is 11.6 Å². The number of carbonyl (C=O) groups excluding carboxylic acids is 1. The summed E-state index contributed by atoms with van der Waals surface area (Å²) in [5.74, 6) is 0.809. The van der Waals surface area contributed by atoms with E-state index in [-0.39, 0.29) is 18.1 Å². The molecule has 32 heavy (non-hydrogen) atoms. The molecule has 2 bridgehead atoms. The SMILES string of the molecule is CO[C@H]1CCCN2C(=O)c3cccc(c3)OCCN(Cc3ccc(Cl)cn3)CCCC[C@@H]12. The van der Waals surface area contributed by atoms with Crippen molar-refractivity contribution in [2.24, 2.45) is 0 Å². The average Bonchev–Trinajstić information content (AvgIpc) is 2.82. The van der Waals surface area contributed by atoms with E-state index < -0.39 is 0 Å². The van der Waals surface area contributed by atoms with E-state index in [4.69, 9.17) is 21.1 Å². The summed E-state index contributed by atoms with van der Waals surface area (Å²) < 4.78 is 11.8. The number of methoxy groups -OCH3 is 1. The quantitative estimate of drug-likeness (QED) is 0.682. The number of carbonyl (C=O) groups is 1. The fourth-order valence-electron chi connectivity index (χ4n) is 4.76. The van der Waals surface area contributed by atoms with Gasteiger partial charge in [-0.25, -0.2) is 0 Å². The molecule has 1 fully saturated rings. The fourth-order valence-corrected chi connectivity index (χ4v) is 4.87. The van der Waals surface area contributed by atoms with Gasteiger partial charge in [0.15, 0.2) is 0 Å². The van der Waals surface area contributed by atoms with Gasteiger partial charge in [0, 0.05) is 38.5 Å². The number of rotatable bonds is 3. The van der Waals surface area contributed by atoms with E-state index >= 15 is 0 Å². The molecule has 0 radical (unpaired) electrons. The smallest absolute Gasteiger partial charge is 0.254 e. The van der Waals surface area contributed by atoms with Gasteiger partial charge in [-0.1, -0.05) is 24.1 Å². The van der Waals surface area contributed by atoms with Gasteiger partial charge in [-0.2, -0.15) is 0 Å². The van der Waals surface area contributed by atoms with Crippen molar-refractivity contribution in [2.45, 2.75) is 50.8 Å². The Morgan fingerprint density at radius 3 is 2.84 bits per heavy atom. The van der Waals surface area contributed by atoms with Gasteiger partial charge in [0.25, 0.3) is 5.91 Å². The van der Waals surface area contributed by atoms with Crippen LogP contribution in [0.5, 0.6) is 5.75 Å². The molecule has 2 atom stereocenters. The maximum atomic E-state index is 13.3. The second-order valence-corrected chi connectivity index (χ2v) is 9.03. The zero-order valence-corrected chi connectivity index (χ0v) is 19.5. The van der Waals surface area contributed by atoms with E-state index in [0.717, 1.165) is 69.7 Å². The number of fused-ring (bicyclic) bond motifs is 3. The molecule has 1 saturated heterocycles. The second-order valence-electron chi connectivity index (χ2n) is 8.60. The summed E-state index contributed by atoms with van der Waals surface area (Å²) in [6, 6.07) is 11.5. The van der Waals surface area contributed by atoms with Crippen LogP contribution < -0.4 is 4.74 Å². The predicted octanol–water partition coefficient (Wildman–Crippen LogP) is 4.42. The largest absolute Gasteiger partial charge is 0.492 e. The van der Waals surface area contributed by atoms with Crippen molar-refractivity contribution in [3.8, 4) is 5.75 Å². The first-order valence-electron chi connectivity index (χ1n) is 11.5. The van der Waals surface area contributed by atoms with Gasteiger partial charge in [-0.3, -0.25) is 14.7 Å². The molecular formula is C25H32ClN3O3. The molecule has 172 valence electrons. The molecule has 2 aliphatic heterocycles. The Kier molecular flexibility index (Phi) is 8.00. The summed E-state index contributed by atoms with van der Waals surface area (Å²) in [5.41, 5.74) is 1.68. The van der Waals surface area contributed by atoms with Gasteiger partial charge < -0.3 is 14.4 Å². The van der Waals surface area contributed by atoms with Crippen molar-refractivity contribution < 1.29 is 14.3 Å².